The van der Waals surface area contributed by atoms with Crippen LogP contribution in [-0.4, -0.2) is 10.1 Å². The van der Waals surface area contributed by atoms with Gasteiger partial charge >= 0.3 is 0 Å². The molecule has 1 heterocycles. The molecule has 4 nitrogen and oxygen atoms in total. The number of nitrogens with two attached hydrogens (primary N) is 1. The minimum atomic E-state index is -0.763. The van der Waals surface area contributed by atoms with Gasteiger partial charge in [-0.3, -0.25) is 0 Å². The molecule has 1 saturated carbocycles. The van der Waals surface area contributed by atoms with Crippen molar-refractivity contribution in [2.45, 2.75) is 31.3 Å². The number of hydrogen-bond donors (Lipinski definition) is 3. The van der Waals surface area contributed by atoms with E-state index in [0.717, 1.165) is 42.3 Å². The number of nitrogens with one attached hydrogen (secondary N) is 1. The van der Waals surface area contributed by atoms with Crippen LogP contribution in [0.4, 0.5) is 5.69 Å². The molecular formula is C14H15N3O. The van der Waals surface area contributed by atoms with E-state index < -0.39 is 5.60 Å². The molecule has 0 radical (unpaired) electrons. The van der Waals surface area contributed by atoms with Crippen LogP contribution in [0.2, 0.25) is 0 Å². The van der Waals surface area contributed by atoms with E-state index in [4.69, 9.17) is 11.0 Å². The van der Waals surface area contributed by atoms with Crippen molar-refractivity contribution >= 4 is 16.6 Å². The van der Waals surface area contributed by atoms with Crippen LogP contribution in [0, 0.1) is 11.3 Å². The van der Waals surface area contributed by atoms with Gasteiger partial charge in [-0.15, -0.1) is 0 Å². The predicted molar refractivity (Wildman–Crippen MR) is 69.8 cm³/mol. The zero-order valence-corrected chi connectivity index (χ0v) is 10.0. The van der Waals surface area contributed by atoms with Crippen LogP contribution in [0.5, 0.6) is 0 Å². The first-order chi connectivity index (χ1) is 8.62. The van der Waals surface area contributed by atoms with Crippen LogP contribution in [-0.2, 0) is 5.60 Å². The molecule has 0 aliphatic heterocycles. The van der Waals surface area contributed by atoms with Crippen molar-refractivity contribution in [3.8, 4) is 6.07 Å². The number of aromatic amines is 1. The van der Waals surface area contributed by atoms with E-state index in [2.05, 4.69) is 11.1 Å². The number of nitriles is 1. The zero-order chi connectivity index (χ0) is 12.8. The van der Waals surface area contributed by atoms with Gasteiger partial charge in [-0.1, -0.05) is 12.8 Å². The lowest BCUT2D eigenvalue weighted by atomic mass is 9.98. The highest BCUT2D eigenvalue weighted by atomic mass is 16.3. The van der Waals surface area contributed by atoms with Crippen molar-refractivity contribution in [1.82, 2.24) is 4.98 Å². The number of nitrogens with zero attached hydrogens (tertiary/aromatic N) is 1. The molecule has 1 aliphatic carbocycles. The summed E-state index contributed by atoms with van der Waals surface area (Å²) in [7, 11) is 0. The summed E-state index contributed by atoms with van der Waals surface area (Å²) in [6.45, 7) is 0. The summed E-state index contributed by atoms with van der Waals surface area (Å²) >= 11 is 0. The molecule has 0 saturated heterocycles. The topological polar surface area (TPSA) is 85.8 Å². The van der Waals surface area contributed by atoms with Crippen molar-refractivity contribution in [2.24, 2.45) is 0 Å². The van der Waals surface area contributed by atoms with Gasteiger partial charge in [0.15, 0.2) is 0 Å². The number of nitrogen functional groups attached to an aromatic ring is 1. The Labute approximate surface area is 105 Å². The van der Waals surface area contributed by atoms with Gasteiger partial charge in [0.2, 0.25) is 0 Å². The molecule has 18 heavy (non-hydrogen) atoms. The van der Waals surface area contributed by atoms with E-state index in [-0.39, 0.29) is 0 Å². The maximum Gasteiger partial charge on any atom is 0.104 e. The third-order valence-electron chi connectivity index (χ3n) is 3.80. The number of rotatable bonds is 1. The fraction of sp³-hybridized carbons (Fsp3) is 0.357. The van der Waals surface area contributed by atoms with Gasteiger partial charge in [0, 0.05) is 16.8 Å². The number of hydrogen-bond acceptors (Lipinski definition) is 3. The van der Waals surface area contributed by atoms with E-state index in [1.54, 1.807) is 6.07 Å². The average Bonchev–Trinajstić information content (AvgIpc) is 2.95. The lowest BCUT2D eigenvalue weighted by molar-refractivity contribution is 0.0407. The standard InChI is InChI=1S/C14H15N3O/c15-8-10-6-11(16)5-9-7-12(17-13(9)10)14(18)3-1-2-4-14/h5-7,17-18H,1-4,16H2. The molecule has 1 aromatic heterocycles. The minimum Gasteiger partial charge on any atom is -0.399 e. The normalized spacial score (nSPS) is 18.0. The van der Waals surface area contributed by atoms with Gasteiger partial charge < -0.3 is 15.8 Å². The maximum absolute atomic E-state index is 10.6. The third kappa shape index (κ3) is 1.56. The highest BCUT2D eigenvalue weighted by Gasteiger charge is 2.34. The predicted octanol–water partition coefficient (Wildman–Crippen LogP) is 2.38. The molecule has 0 amide bonds. The van der Waals surface area contributed by atoms with Gasteiger partial charge in [-0.05, 0) is 31.0 Å². The van der Waals surface area contributed by atoms with E-state index >= 15 is 0 Å². The molecule has 92 valence electrons. The third-order valence-corrected chi connectivity index (χ3v) is 3.80. The molecule has 4 heteroatoms. The van der Waals surface area contributed by atoms with E-state index in [0.29, 0.717) is 11.3 Å². The Balaban J connectivity index is 2.20. The van der Waals surface area contributed by atoms with Crippen molar-refractivity contribution in [2.75, 3.05) is 5.73 Å². The quantitative estimate of drug-likeness (QED) is 0.670. The van der Waals surface area contributed by atoms with Crippen molar-refractivity contribution in [3.05, 3.63) is 29.5 Å². The fourth-order valence-electron chi connectivity index (χ4n) is 2.84. The highest BCUT2D eigenvalue weighted by Crippen LogP contribution is 2.39. The monoisotopic (exact) mass is 241 g/mol. The number of aliphatic hydroxyl groups is 1. The SMILES string of the molecule is N#Cc1cc(N)cc2cc(C3(O)CCCC3)[nH]c12. The zero-order valence-electron chi connectivity index (χ0n) is 10.0. The van der Waals surface area contributed by atoms with Gasteiger partial charge in [0.05, 0.1) is 11.1 Å². The first-order valence-electron chi connectivity index (χ1n) is 6.18. The second-order valence-electron chi connectivity index (χ2n) is 5.07. The number of benzene rings is 1. The van der Waals surface area contributed by atoms with Crippen LogP contribution in [0.1, 0.15) is 36.9 Å². The summed E-state index contributed by atoms with van der Waals surface area (Å²) < 4.78 is 0. The smallest absolute Gasteiger partial charge is 0.104 e. The van der Waals surface area contributed by atoms with Crippen molar-refractivity contribution < 1.29 is 5.11 Å². The van der Waals surface area contributed by atoms with Crippen LogP contribution in [0.3, 0.4) is 0 Å². The molecule has 0 atom stereocenters. The lowest BCUT2D eigenvalue weighted by Crippen LogP contribution is -2.21. The molecule has 0 spiro atoms. The second-order valence-corrected chi connectivity index (χ2v) is 5.07. The van der Waals surface area contributed by atoms with Gasteiger partial charge in [-0.25, -0.2) is 0 Å². The summed E-state index contributed by atoms with van der Waals surface area (Å²) in [5.41, 5.74) is 7.67. The first-order valence-corrected chi connectivity index (χ1v) is 6.18. The maximum atomic E-state index is 10.6. The Hall–Kier alpha value is -1.99. The molecular weight excluding hydrogens is 226 g/mol. The van der Waals surface area contributed by atoms with Crippen LogP contribution in [0.25, 0.3) is 10.9 Å². The average molecular weight is 241 g/mol. The molecule has 3 rings (SSSR count). The van der Waals surface area contributed by atoms with Gasteiger partial charge in [-0.2, -0.15) is 5.26 Å². The number of aromatic nitrogens is 1. The number of fused-ring (bicyclic) bond motifs is 1. The van der Waals surface area contributed by atoms with Crippen molar-refractivity contribution in [3.63, 3.8) is 0 Å². The molecule has 1 fully saturated rings. The van der Waals surface area contributed by atoms with Crippen LogP contribution in [0.15, 0.2) is 18.2 Å². The Morgan fingerprint density at radius 1 is 1.28 bits per heavy atom. The molecule has 2 aromatic rings. The minimum absolute atomic E-state index is 0.526. The summed E-state index contributed by atoms with van der Waals surface area (Å²) in [6, 6.07) is 7.53. The Kier molecular flexibility index (Phi) is 2.32. The molecule has 1 aliphatic rings. The van der Waals surface area contributed by atoms with E-state index in [9.17, 15) is 5.11 Å². The molecule has 0 unspecified atom stereocenters. The van der Waals surface area contributed by atoms with Crippen LogP contribution >= 0.6 is 0 Å². The van der Waals surface area contributed by atoms with Gasteiger partial charge in [0.25, 0.3) is 0 Å². The van der Waals surface area contributed by atoms with Crippen LogP contribution < -0.4 is 5.73 Å². The van der Waals surface area contributed by atoms with Crippen molar-refractivity contribution in [1.29, 1.82) is 5.26 Å². The summed E-state index contributed by atoms with van der Waals surface area (Å²) in [6.07, 6.45) is 3.63. The largest absolute Gasteiger partial charge is 0.399 e. The Bertz CT molecular complexity index is 645. The number of H-pyrrole nitrogens is 1. The Morgan fingerprint density at radius 3 is 2.67 bits per heavy atom. The Morgan fingerprint density at radius 2 is 2.00 bits per heavy atom. The number of anilines is 1. The molecule has 4 N–H and O–H groups in total. The van der Waals surface area contributed by atoms with Gasteiger partial charge in [0.1, 0.15) is 11.7 Å². The van der Waals surface area contributed by atoms with E-state index in [1.807, 2.05) is 12.1 Å². The summed E-state index contributed by atoms with van der Waals surface area (Å²) in [4.78, 5) is 3.20. The first kappa shape index (κ1) is 11.1. The fourth-order valence-corrected chi connectivity index (χ4v) is 2.84. The lowest BCUT2D eigenvalue weighted by Gasteiger charge is -2.20. The molecule has 1 aromatic carbocycles. The second kappa shape index (κ2) is 3.76. The molecule has 0 bridgehead atoms. The highest BCUT2D eigenvalue weighted by molar-refractivity contribution is 5.89. The summed E-state index contributed by atoms with van der Waals surface area (Å²) in [5.74, 6) is 0. The summed E-state index contributed by atoms with van der Waals surface area (Å²) in [5, 5.41) is 20.6. The van der Waals surface area contributed by atoms with E-state index in [1.165, 1.54) is 0 Å².